The summed E-state index contributed by atoms with van der Waals surface area (Å²) in [7, 11) is 3.64. The van der Waals surface area contributed by atoms with Crippen molar-refractivity contribution in [3.05, 3.63) is 47.3 Å². The lowest BCUT2D eigenvalue weighted by molar-refractivity contribution is 0.0995. The number of carbonyl (C=O) groups excluding carboxylic acids is 2. The van der Waals surface area contributed by atoms with Gasteiger partial charge in [-0.25, -0.2) is 9.97 Å². The second kappa shape index (κ2) is 6.58. The molecule has 0 aliphatic heterocycles. The molecule has 2 aromatic rings. The van der Waals surface area contributed by atoms with Gasteiger partial charge in [0.2, 0.25) is 11.9 Å². The summed E-state index contributed by atoms with van der Waals surface area (Å²) in [6, 6.07) is 5.93. The number of nitrogens with one attached hydrogen (secondary N) is 1. The largest absolute Gasteiger partial charge is 0.374 e. The SMILES string of the molecule is C#Cc1nc(NC(=O)c2ccc(C(N)=O)cc2)ncc1N(C)C. The minimum absolute atomic E-state index is 0.104. The zero-order valence-corrected chi connectivity index (χ0v) is 12.7. The molecule has 1 aromatic heterocycles. The molecule has 116 valence electrons. The van der Waals surface area contributed by atoms with Crippen LogP contribution >= 0.6 is 0 Å². The Kier molecular flexibility index (Phi) is 4.57. The maximum atomic E-state index is 12.1. The fraction of sp³-hybridized carbons (Fsp3) is 0.125. The smallest absolute Gasteiger partial charge is 0.258 e. The van der Waals surface area contributed by atoms with Crippen LogP contribution in [0, 0.1) is 12.3 Å². The van der Waals surface area contributed by atoms with E-state index in [1.165, 1.54) is 30.5 Å². The molecular formula is C16H15N5O2. The van der Waals surface area contributed by atoms with E-state index in [4.69, 9.17) is 12.2 Å². The van der Waals surface area contributed by atoms with Crippen LogP contribution in [0.2, 0.25) is 0 Å². The number of carbonyl (C=O) groups is 2. The summed E-state index contributed by atoms with van der Waals surface area (Å²) in [4.78, 5) is 33.1. The standard InChI is InChI=1S/C16H15N5O2/c1-4-12-13(21(2)3)9-18-16(19-12)20-15(23)11-7-5-10(6-8-11)14(17)22/h1,5-9H,2-3H3,(H2,17,22)(H,18,19,20,23). The second-order valence-electron chi connectivity index (χ2n) is 4.86. The first-order valence-electron chi connectivity index (χ1n) is 6.64. The molecule has 0 saturated heterocycles. The van der Waals surface area contributed by atoms with Crippen molar-refractivity contribution in [2.75, 3.05) is 24.3 Å². The lowest BCUT2D eigenvalue weighted by Gasteiger charge is -2.14. The average Bonchev–Trinajstić information content (AvgIpc) is 2.54. The number of hydrogen-bond donors (Lipinski definition) is 2. The molecule has 2 rings (SSSR count). The number of nitrogens with two attached hydrogens (primary N) is 1. The van der Waals surface area contributed by atoms with E-state index in [1.54, 1.807) is 4.90 Å². The first kappa shape index (κ1) is 16.0. The highest BCUT2D eigenvalue weighted by molar-refractivity contribution is 6.04. The highest BCUT2D eigenvalue weighted by Crippen LogP contribution is 2.16. The van der Waals surface area contributed by atoms with Gasteiger partial charge >= 0.3 is 0 Å². The van der Waals surface area contributed by atoms with Crippen molar-refractivity contribution >= 4 is 23.5 Å². The van der Waals surface area contributed by atoms with Crippen molar-refractivity contribution in [2.24, 2.45) is 5.73 Å². The van der Waals surface area contributed by atoms with E-state index in [0.717, 1.165) is 0 Å². The number of terminal acetylenes is 1. The molecule has 0 aliphatic carbocycles. The highest BCUT2D eigenvalue weighted by Gasteiger charge is 2.11. The molecule has 0 aliphatic rings. The molecule has 0 radical (unpaired) electrons. The Morgan fingerprint density at radius 1 is 1.22 bits per heavy atom. The van der Waals surface area contributed by atoms with Crippen LogP contribution in [-0.2, 0) is 0 Å². The number of benzene rings is 1. The van der Waals surface area contributed by atoms with Crippen molar-refractivity contribution in [3.8, 4) is 12.3 Å². The van der Waals surface area contributed by atoms with Gasteiger partial charge in [0.15, 0.2) is 0 Å². The van der Waals surface area contributed by atoms with Gasteiger partial charge < -0.3 is 10.6 Å². The lowest BCUT2D eigenvalue weighted by Crippen LogP contribution is -2.17. The highest BCUT2D eigenvalue weighted by atomic mass is 16.2. The molecule has 0 bridgehead atoms. The molecule has 0 atom stereocenters. The van der Waals surface area contributed by atoms with Gasteiger partial charge in [0.25, 0.3) is 5.91 Å². The molecule has 7 heteroatoms. The summed E-state index contributed by atoms with van der Waals surface area (Å²) >= 11 is 0. The number of nitrogens with zero attached hydrogens (tertiary/aromatic N) is 3. The fourth-order valence-electron chi connectivity index (χ4n) is 1.83. The summed E-state index contributed by atoms with van der Waals surface area (Å²) in [5, 5.41) is 2.56. The summed E-state index contributed by atoms with van der Waals surface area (Å²) in [5.41, 5.74) is 6.87. The topological polar surface area (TPSA) is 101 Å². The zero-order chi connectivity index (χ0) is 17.0. The van der Waals surface area contributed by atoms with Crippen LogP contribution in [0.4, 0.5) is 11.6 Å². The van der Waals surface area contributed by atoms with Crippen molar-refractivity contribution in [3.63, 3.8) is 0 Å². The van der Waals surface area contributed by atoms with Gasteiger partial charge in [-0.05, 0) is 30.2 Å². The van der Waals surface area contributed by atoms with Gasteiger partial charge in [-0.3, -0.25) is 14.9 Å². The van der Waals surface area contributed by atoms with E-state index in [9.17, 15) is 9.59 Å². The molecule has 1 aromatic carbocycles. The summed E-state index contributed by atoms with van der Waals surface area (Å²) in [6.45, 7) is 0. The van der Waals surface area contributed by atoms with Gasteiger partial charge in [-0.15, -0.1) is 6.42 Å². The minimum Gasteiger partial charge on any atom is -0.374 e. The summed E-state index contributed by atoms with van der Waals surface area (Å²) < 4.78 is 0. The van der Waals surface area contributed by atoms with Crippen LogP contribution in [-0.4, -0.2) is 35.9 Å². The van der Waals surface area contributed by atoms with Gasteiger partial charge in [0, 0.05) is 25.2 Å². The maximum absolute atomic E-state index is 12.1. The number of rotatable bonds is 4. The molecule has 2 amide bonds. The van der Waals surface area contributed by atoms with Crippen molar-refractivity contribution in [2.45, 2.75) is 0 Å². The number of aromatic nitrogens is 2. The first-order chi connectivity index (χ1) is 10.9. The van der Waals surface area contributed by atoms with Gasteiger partial charge in [-0.2, -0.15) is 0 Å². The Labute approximate surface area is 133 Å². The average molecular weight is 309 g/mol. The van der Waals surface area contributed by atoms with Crippen molar-refractivity contribution < 1.29 is 9.59 Å². The Morgan fingerprint density at radius 2 is 1.83 bits per heavy atom. The second-order valence-corrected chi connectivity index (χ2v) is 4.86. The molecule has 3 N–H and O–H groups in total. The van der Waals surface area contributed by atoms with Gasteiger partial charge in [-0.1, -0.05) is 0 Å². The fourth-order valence-corrected chi connectivity index (χ4v) is 1.83. The Balaban J connectivity index is 2.20. The van der Waals surface area contributed by atoms with Gasteiger partial charge in [0.05, 0.1) is 11.9 Å². The Morgan fingerprint density at radius 3 is 2.35 bits per heavy atom. The number of amides is 2. The van der Waals surface area contributed by atoms with E-state index in [2.05, 4.69) is 21.2 Å². The third-order valence-corrected chi connectivity index (χ3v) is 3.04. The normalized spacial score (nSPS) is 9.78. The molecule has 0 saturated carbocycles. The Hall–Kier alpha value is -3.40. The predicted octanol–water partition coefficient (Wildman–Crippen LogP) is 0.875. The van der Waals surface area contributed by atoms with Crippen LogP contribution in [0.1, 0.15) is 26.4 Å². The number of anilines is 2. The first-order valence-corrected chi connectivity index (χ1v) is 6.64. The minimum atomic E-state index is -0.557. The third kappa shape index (κ3) is 3.63. The van der Waals surface area contributed by atoms with E-state index in [1.807, 2.05) is 14.1 Å². The molecule has 0 spiro atoms. The molecule has 0 unspecified atom stereocenters. The maximum Gasteiger partial charge on any atom is 0.258 e. The molecule has 1 heterocycles. The van der Waals surface area contributed by atoms with Crippen molar-refractivity contribution in [1.82, 2.24) is 9.97 Å². The van der Waals surface area contributed by atoms with E-state index < -0.39 is 11.8 Å². The quantitative estimate of drug-likeness (QED) is 0.816. The molecular weight excluding hydrogens is 294 g/mol. The number of primary amides is 1. The van der Waals surface area contributed by atoms with E-state index >= 15 is 0 Å². The number of hydrogen-bond acceptors (Lipinski definition) is 5. The van der Waals surface area contributed by atoms with Crippen LogP contribution in [0.25, 0.3) is 0 Å². The summed E-state index contributed by atoms with van der Waals surface area (Å²) in [5.74, 6) is 1.59. The lowest BCUT2D eigenvalue weighted by atomic mass is 10.1. The zero-order valence-electron chi connectivity index (χ0n) is 12.7. The molecule has 23 heavy (non-hydrogen) atoms. The van der Waals surface area contributed by atoms with Crippen molar-refractivity contribution in [1.29, 1.82) is 0 Å². The molecule has 0 fully saturated rings. The van der Waals surface area contributed by atoms with E-state index in [0.29, 0.717) is 22.5 Å². The predicted molar refractivity (Wildman–Crippen MR) is 87.2 cm³/mol. The van der Waals surface area contributed by atoms with Crippen LogP contribution in [0.5, 0.6) is 0 Å². The van der Waals surface area contributed by atoms with Gasteiger partial charge in [0.1, 0.15) is 5.69 Å². The van der Waals surface area contributed by atoms with Crippen LogP contribution < -0.4 is 16.0 Å². The van der Waals surface area contributed by atoms with Crippen LogP contribution in [0.15, 0.2) is 30.5 Å². The monoisotopic (exact) mass is 309 g/mol. The Bertz CT molecular complexity index is 791. The van der Waals surface area contributed by atoms with Crippen LogP contribution in [0.3, 0.4) is 0 Å². The third-order valence-electron chi connectivity index (χ3n) is 3.04. The van der Waals surface area contributed by atoms with E-state index in [-0.39, 0.29) is 5.95 Å². The molecule has 7 nitrogen and oxygen atoms in total. The summed E-state index contributed by atoms with van der Waals surface area (Å²) in [6.07, 6.45) is 6.96.